The molecule has 0 aliphatic carbocycles. The van der Waals surface area contributed by atoms with Gasteiger partial charge in [0.15, 0.2) is 9.84 Å². The molecule has 0 radical (unpaired) electrons. The molecular weight excluding hydrogens is 245 g/mol. The molecule has 0 saturated carbocycles. The van der Waals surface area contributed by atoms with E-state index in [2.05, 4.69) is 4.98 Å². The molecule has 0 atom stereocenters. The zero-order valence-corrected chi connectivity index (χ0v) is 9.83. The van der Waals surface area contributed by atoms with E-state index in [1.807, 2.05) is 0 Å². The summed E-state index contributed by atoms with van der Waals surface area (Å²) < 4.78 is 23.3. The lowest BCUT2D eigenvalue weighted by atomic mass is 10.5. The van der Waals surface area contributed by atoms with Crippen LogP contribution in [0.1, 0.15) is 13.3 Å². The topological polar surface area (TPSA) is 47.0 Å². The third-order valence-corrected chi connectivity index (χ3v) is 4.45. The summed E-state index contributed by atoms with van der Waals surface area (Å²) in [4.78, 5) is 3.74. The first-order chi connectivity index (χ1) is 6.49. The molecular formula is C8H9Cl2NO2S. The SMILES string of the molecule is CCCS(=O)(=O)c1ccnc(Cl)c1Cl. The lowest BCUT2D eigenvalue weighted by molar-refractivity contribution is 0.594. The highest BCUT2D eigenvalue weighted by molar-refractivity contribution is 7.91. The minimum absolute atomic E-state index is 0.00242. The Kier molecular flexibility index (Phi) is 3.75. The number of sulfone groups is 1. The van der Waals surface area contributed by atoms with Crippen LogP contribution < -0.4 is 0 Å². The van der Waals surface area contributed by atoms with Crippen molar-refractivity contribution in [2.75, 3.05) is 5.75 Å². The molecule has 0 N–H and O–H groups in total. The average molecular weight is 254 g/mol. The molecule has 6 heteroatoms. The fourth-order valence-corrected chi connectivity index (χ4v) is 3.09. The van der Waals surface area contributed by atoms with E-state index in [4.69, 9.17) is 23.2 Å². The lowest BCUT2D eigenvalue weighted by Crippen LogP contribution is -2.06. The molecule has 1 heterocycles. The zero-order chi connectivity index (χ0) is 10.8. The van der Waals surface area contributed by atoms with Crippen molar-refractivity contribution in [2.24, 2.45) is 0 Å². The van der Waals surface area contributed by atoms with Gasteiger partial charge in [-0.05, 0) is 12.5 Å². The normalized spacial score (nSPS) is 11.6. The van der Waals surface area contributed by atoms with Crippen molar-refractivity contribution < 1.29 is 8.42 Å². The Balaban J connectivity index is 3.27. The molecule has 0 aliphatic rings. The van der Waals surface area contributed by atoms with Crippen LogP contribution in [0.25, 0.3) is 0 Å². The largest absolute Gasteiger partial charge is 0.243 e. The van der Waals surface area contributed by atoms with Crippen LogP contribution in [0.2, 0.25) is 10.2 Å². The Labute approximate surface area is 93.0 Å². The monoisotopic (exact) mass is 253 g/mol. The van der Waals surface area contributed by atoms with Crippen LogP contribution in [-0.2, 0) is 9.84 Å². The summed E-state index contributed by atoms with van der Waals surface area (Å²) in [5, 5.41) is 0.0199. The maximum Gasteiger partial charge on any atom is 0.180 e. The number of halogens is 2. The Morgan fingerprint density at radius 3 is 2.64 bits per heavy atom. The molecule has 0 unspecified atom stereocenters. The van der Waals surface area contributed by atoms with E-state index in [1.54, 1.807) is 6.92 Å². The van der Waals surface area contributed by atoms with Crippen LogP contribution in [-0.4, -0.2) is 19.2 Å². The van der Waals surface area contributed by atoms with Crippen LogP contribution in [0.3, 0.4) is 0 Å². The molecule has 3 nitrogen and oxygen atoms in total. The molecule has 78 valence electrons. The van der Waals surface area contributed by atoms with Gasteiger partial charge >= 0.3 is 0 Å². The first-order valence-corrected chi connectivity index (χ1v) is 6.42. The molecule has 1 aromatic heterocycles. The molecule has 0 aliphatic heterocycles. The van der Waals surface area contributed by atoms with E-state index < -0.39 is 9.84 Å². The van der Waals surface area contributed by atoms with E-state index in [1.165, 1.54) is 12.3 Å². The Hall–Kier alpha value is -0.320. The van der Waals surface area contributed by atoms with Crippen LogP contribution >= 0.6 is 23.2 Å². The van der Waals surface area contributed by atoms with E-state index in [0.29, 0.717) is 6.42 Å². The number of hydrogen-bond donors (Lipinski definition) is 0. The Morgan fingerprint density at radius 1 is 1.43 bits per heavy atom. The molecule has 0 amide bonds. The van der Waals surface area contributed by atoms with Gasteiger partial charge in [-0.25, -0.2) is 13.4 Å². The highest BCUT2D eigenvalue weighted by Gasteiger charge is 2.18. The van der Waals surface area contributed by atoms with Crippen molar-refractivity contribution in [3.63, 3.8) is 0 Å². The molecule has 0 saturated heterocycles. The highest BCUT2D eigenvalue weighted by Crippen LogP contribution is 2.27. The van der Waals surface area contributed by atoms with Crippen molar-refractivity contribution in [1.82, 2.24) is 4.98 Å². The van der Waals surface area contributed by atoms with E-state index in [9.17, 15) is 8.42 Å². The Morgan fingerprint density at radius 2 is 2.07 bits per heavy atom. The Bertz CT molecular complexity index is 431. The van der Waals surface area contributed by atoms with Crippen LogP contribution in [0.5, 0.6) is 0 Å². The predicted molar refractivity (Wildman–Crippen MR) is 56.6 cm³/mol. The minimum Gasteiger partial charge on any atom is -0.243 e. The van der Waals surface area contributed by atoms with Crippen molar-refractivity contribution in [3.05, 3.63) is 22.4 Å². The van der Waals surface area contributed by atoms with Gasteiger partial charge in [0.2, 0.25) is 0 Å². The lowest BCUT2D eigenvalue weighted by Gasteiger charge is -2.05. The van der Waals surface area contributed by atoms with Crippen molar-refractivity contribution in [3.8, 4) is 0 Å². The zero-order valence-electron chi connectivity index (χ0n) is 7.50. The smallest absolute Gasteiger partial charge is 0.180 e. The van der Waals surface area contributed by atoms with Gasteiger partial charge in [0.05, 0.1) is 15.7 Å². The number of nitrogens with zero attached hydrogens (tertiary/aromatic N) is 1. The van der Waals surface area contributed by atoms with Gasteiger partial charge < -0.3 is 0 Å². The standard InChI is InChI=1S/C8H9Cl2NO2S/c1-2-5-14(12,13)6-3-4-11-8(10)7(6)9/h3-4H,2,5H2,1H3. The van der Waals surface area contributed by atoms with Crippen molar-refractivity contribution in [1.29, 1.82) is 0 Å². The maximum atomic E-state index is 11.6. The van der Waals surface area contributed by atoms with Gasteiger partial charge in [-0.3, -0.25) is 0 Å². The maximum absolute atomic E-state index is 11.6. The van der Waals surface area contributed by atoms with Gasteiger partial charge in [-0.2, -0.15) is 0 Å². The molecule has 1 rings (SSSR count). The summed E-state index contributed by atoms with van der Waals surface area (Å²) >= 11 is 11.4. The van der Waals surface area contributed by atoms with Gasteiger partial charge in [0.25, 0.3) is 0 Å². The van der Waals surface area contributed by atoms with Gasteiger partial charge in [0, 0.05) is 6.20 Å². The summed E-state index contributed by atoms with van der Waals surface area (Å²) in [5.41, 5.74) is 0. The highest BCUT2D eigenvalue weighted by atomic mass is 35.5. The third kappa shape index (κ3) is 2.38. The van der Waals surface area contributed by atoms with Gasteiger partial charge in [0.1, 0.15) is 5.15 Å². The quantitative estimate of drug-likeness (QED) is 0.779. The van der Waals surface area contributed by atoms with Crippen LogP contribution in [0.15, 0.2) is 17.2 Å². The summed E-state index contributed by atoms with van der Waals surface area (Å²) in [6.07, 6.45) is 1.87. The first kappa shape index (κ1) is 11.8. The third-order valence-electron chi connectivity index (χ3n) is 1.62. The molecule has 14 heavy (non-hydrogen) atoms. The summed E-state index contributed by atoms with van der Waals surface area (Å²) in [6, 6.07) is 1.36. The fourth-order valence-electron chi connectivity index (χ4n) is 1.02. The number of pyridine rings is 1. The molecule has 1 aromatic rings. The predicted octanol–water partition coefficient (Wildman–Crippen LogP) is 2.57. The van der Waals surface area contributed by atoms with E-state index in [-0.39, 0.29) is 20.8 Å². The summed E-state index contributed by atoms with van der Waals surface area (Å²) in [5.74, 6) is 0.0626. The summed E-state index contributed by atoms with van der Waals surface area (Å²) in [6.45, 7) is 1.79. The number of hydrogen-bond acceptors (Lipinski definition) is 3. The fraction of sp³-hybridized carbons (Fsp3) is 0.375. The molecule has 0 bridgehead atoms. The van der Waals surface area contributed by atoms with Gasteiger partial charge in [-0.1, -0.05) is 30.1 Å². The molecule has 0 spiro atoms. The van der Waals surface area contributed by atoms with Crippen LogP contribution in [0, 0.1) is 0 Å². The number of rotatable bonds is 3. The van der Waals surface area contributed by atoms with E-state index in [0.717, 1.165) is 0 Å². The second-order valence-corrected chi connectivity index (χ2v) is 5.55. The van der Waals surface area contributed by atoms with E-state index >= 15 is 0 Å². The number of aromatic nitrogens is 1. The average Bonchev–Trinajstić information content (AvgIpc) is 2.09. The second-order valence-electron chi connectivity index (χ2n) is 2.73. The second kappa shape index (κ2) is 4.47. The van der Waals surface area contributed by atoms with Crippen LogP contribution in [0.4, 0.5) is 0 Å². The molecule has 0 aromatic carbocycles. The van der Waals surface area contributed by atoms with Crippen molar-refractivity contribution in [2.45, 2.75) is 18.2 Å². The first-order valence-electron chi connectivity index (χ1n) is 4.02. The minimum atomic E-state index is -3.32. The molecule has 0 fully saturated rings. The summed E-state index contributed by atoms with van der Waals surface area (Å²) in [7, 11) is -3.32. The van der Waals surface area contributed by atoms with Crippen molar-refractivity contribution >= 4 is 33.0 Å². The van der Waals surface area contributed by atoms with Gasteiger partial charge in [-0.15, -0.1) is 0 Å².